The Kier molecular flexibility index (Phi) is 5.20. The van der Waals surface area contributed by atoms with Crippen LogP contribution in [-0.2, 0) is 14.3 Å². The molecule has 1 unspecified atom stereocenters. The number of rotatable bonds is 3. The number of carbonyl (C=O) groups is 2. The van der Waals surface area contributed by atoms with Crippen LogP contribution in [0.15, 0.2) is 0 Å². The van der Waals surface area contributed by atoms with Gasteiger partial charge >= 0.3 is 12.1 Å². The van der Waals surface area contributed by atoms with Crippen molar-refractivity contribution in [2.45, 2.75) is 44.8 Å². The molecule has 0 saturated heterocycles. The molecule has 0 spiro atoms. The van der Waals surface area contributed by atoms with E-state index in [1.165, 1.54) is 14.0 Å². The number of amides is 1. The van der Waals surface area contributed by atoms with Crippen LogP contribution in [0.1, 0.15) is 32.6 Å². The average Bonchev–Trinajstić information content (AvgIpc) is 2.36. The van der Waals surface area contributed by atoms with Crippen molar-refractivity contribution in [1.29, 1.82) is 0 Å². The Hall–Kier alpha value is -1.27. The summed E-state index contributed by atoms with van der Waals surface area (Å²) in [7, 11) is 1.21. The van der Waals surface area contributed by atoms with Crippen molar-refractivity contribution in [3.05, 3.63) is 0 Å². The molecule has 0 heterocycles. The van der Waals surface area contributed by atoms with Gasteiger partial charge in [-0.25, -0.2) is 4.79 Å². The fraction of sp³-hybridized carbons (Fsp3) is 0.833. The number of methoxy groups -OCH3 is 1. The van der Waals surface area contributed by atoms with Crippen molar-refractivity contribution >= 4 is 11.9 Å². The quantitative estimate of drug-likeness (QED) is 0.805. The maximum absolute atomic E-state index is 12.5. The first-order chi connectivity index (χ1) is 8.75. The monoisotopic (exact) mass is 281 g/mol. The second kappa shape index (κ2) is 6.25. The number of hydrogen-bond acceptors (Lipinski definition) is 3. The number of ether oxygens (including phenoxy) is 1. The van der Waals surface area contributed by atoms with E-state index < -0.39 is 30.0 Å². The van der Waals surface area contributed by atoms with Crippen LogP contribution < -0.4 is 5.32 Å². The minimum absolute atomic E-state index is 0.0335. The highest BCUT2D eigenvalue weighted by Crippen LogP contribution is 2.39. The second-order valence-corrected chi connectivity index (χ2v) is 4.84. The normalized spacial score (nSPS) is 25.5. The fourth-order valence-electron chi connectivity index (χ4n) is 2.25. The van der Waals surface area contributed by atoms with Crippen LogP contribution in [0.4, 0.5) is 13.2 Å². The molecule has 0 aliphatic heterocycles. The Morgan fingerprint density at radius 3 is 2.16 bits per heavy atom. The third kappa shape index (κ3) is 4.40. The first-order valence-electron chi connectivity index (χ1n) is 6.20. The molecule has 1 amide bonds. The third-order valence-electron chi connectivity index (χ3n) is 3.47. The highest BCUT2D eigenvalue weighted by molar-refractivity contribution is 5.85. The van der Waals surface area contributed by atoms with E-state index in [2.05, 4.69) is 10.1 Å². The number of halogens is 3. The van der Waals surface area contributed by atoms with Gasteiger partial charge < -0.3 is 10.1 Å². The minimum atomic E-state index is -4.18. The Bertz CT molecular complexity index is 336. The summed E-state index contributed by atoms with van der Waals surface area (Å²) in [4.78, 5) is 22.9. The van der Waals surface area contributed by atoms with Gasteiger partial charge in [-0.2, -0.15) is 13.2 Å². The average molecular weight is 281 g/mol. The summed E-state index contributed by atoms with van der Waals surface area (Å²) in [5.74, 6) is -2.71. The highest BCUT2D eigenvalue weighted by Gasteiger charge is 2.42. The topological polar surface area (TPSA) is 55.4 Å². The Balaban J connectivity index is 2.43. The van der Waals surface area contributed by atoms with E-state index in [1.807, 2.05) is 0 Å². The molecule has 1 saturated carbocycles. The first kappa shape index (κ1) is 15.8. The zero-order valence-electron chi connectivity index (χ0n) is 10.9. The minimum Gasteiger partial charge on any atom is -0.467 e. The Labute approximate surface area is 109 Å². The van der Waals surface area contributed by atoms with Crippen LogP contribution in [0.5, 0.6) is 0 Å². The molecule has 0 aromatic heterocycles. The van der Waals surface area contributed by atoms with Crippen LogP contribution in [0, 0.1) is 11.8 Å². The van der Waals surface area contributed by atoms with E-state index in [4.69, 9.17) is 0 Å². The van der Waals surface area contributed by atoms with Crippen LogP contribution in [0.25, 0.3) is 0 Å². The summed E-state index contributed by atoms with van der Waals surface area (Å²) >= 11 is 0. The van der Waals surface area contributed by atoms with Gasteiger partial charge in [0.15, 0.2) is 0 Å². The standard InChI is InChI=1S/C12H18F3NO3/c1-7(11(18)19-2)16-10(17)8-3-5-9(6-4-8)12(13,14)15/h7-9H,3-6H2,1-2H3,(H,16,17). The molecule has 1 rings (SSSR count). The zero-order chi connectivity index (χ0) is 14.6. The summed E-state index contributed by atoms with van der Waals surface area (Å²) in [6.07, 6.45) is -3.85. The summed E-state index contributed by atoms with van der Waals surface area (Å²) in [5.41, 5.74) is 0. The van der Waals surface area contributed by atoms with Crippen molar-refractivity contribution in [2.75, 3.05) is 7.11 Å². The smallest absolute Gasteiger partial charge is 0.391 e. The van der Waals surface area contributed by atoms with Crippen LogP contribution >= 0.6 is 0 Å². The molecule has 7 heteroatoms. The van der Waals surface area contributed by atoms with E-state index in [0.29, 0.717) is 0 Å². The van der Waals surface area contributed by atoms with Gasteiger partial charge in [-0.3, -0.25) is 4.79 Å². The predicted molar refractivity (Wildman–Crippen MR) is 61.1 cm³/mol. The molecular weight excluding hydrogens is 263 g/mol. The van der Waals surface area contributed by atoms with Gasteiger partial charge in [-0.15, -0.1) is 0 Å². The Morgan fingerprint density at radius 2 is 1.74 bits per heavy atom. The van der Waals surface area contributed by atoms with E-state index >= 15 is 0 Å². The second-order valence-electron chi connectivity index (χ2n) is 4.84. The third-order valence-corrected chi connectivity index (χ3v) is 3.47. The van der Waals surface area contributed by atoms with E-state index in [1.54, 1.807) is 0 Å². The van der Waals surface area contributed by atoms with Crippen molar-refractivity contribution < 1.29 is 27.5 Å². The Morgan fingerprint density at radius 1 is 1.21 bits per heavy atom. The molecule has 1 N–H and O–H groups in total. The maximum Gasteiger partial charge on any atom is 0.391 e. The van der Waals surface area contributed by atoms with Gasteiger partial charge in [0.1, 0.15) is 6.04 Å². The van der Waals surface area contributed by atoms with Gasteiger partial charge in [0.25, 0.3) is 0 Å². The largest absolute Gasteiger partial charge is 0.467 e. The van der Waals surface area contributed by atoms with Crippen molar-refractivity contribution in [1.82, 2.24) is 5.32 Å². The van der Waals surface area contributed by atoms with E-state index in [9.17, 15) is 22.8 Å². The summed E-state index contributed by atoms with van der Waals surface area (Å²) in [6, 6.07) is -0.780. The molecule has 0 aromatic rings. The lowest BCUT2D eigenvalue weighted by Crippen LogP contribution is -2.43. The molecule has 1 fully saturated rings. The van der Waals surface area contributed by atoms with Crippen LogP contribution in [0.2, 0.25) is 0 Å². The molecule has 110 valence electrons. The molecule has 1 aliphatic carbocycles. The number of alkyl halides is 3. The molecule has 0 aromatic carbocycles. The number of hydrogen-bond donors (Lipinski definition) is 1. The van der Waals surface area contributed by atoms with Gasteiger partial charge in [0.05, 0.1) is 13.0 Å². The number of carbonyl (C=O) groups excluding carboxylic acids is 2. The van der Waals surface area contributed by atoms with E-state index in [-0.39, 0.29) is 31.6 Å². The summed E-state index contributed by atoms with van der Waals surface area (Å²) in [6.45, 7) is 1.48. The van der Waals surface area contributed by atoms with Crippen molar-refractivity contribution in [3.63, 3.8) is 0 Å². The highest BCUT2D eigenvalue weighted by atomic mass is 19.4. The molecular formula is C12H18F3NO3. The molecule has 4 nitrogen and oxygen atoms in total. The predicted octanol–water partition coefficient (Wildman–Crippen LogP) is 2.03. The van der Waals surface area contributed by atoms with Gasteiger partial charge in [0.2, 0.25) is 5.91 Å². The fourth-order valence-corrected chi connectivity index (χ4v) is 2.25. The van der Waals surface area contributed by atoms with Gasteiger partial charge in [-0.1, -0.05) is 0 Å². The van der Waals surface area contributed by atoms with Crippen LogP contribution in [0.3, 0.4) is 0 Å². The maximum atomic E-state index is 12.5. The molecule has 1 atom stereocenters. The summed E-state index contributed by atoms with van der Waals surface area (Å²) < 4.78 is 41.9. The molecule has 19 heavy (non-hydrogen) atoms. The molecule has 1 aliphatic rings. The lowest BCUT2D eigenvalue weighted by atomic mass is 9.81. The zero-order valence-corrected chi connectivity index (χ0v) is 10.9. The van der Waals surface area contributed by atoms with Gasteiger partial charge in [0, 0.05) is 5.92 Å². The first-order valence-corrected chi connectivity index (χ1v) is 6.20. The number of esters is 1. The van der Waals surface area contributed by atoms with E-state index in [0.717, 1.165) is 0 Å². The van der Waals surface area contributed by atoms with Crippen LogP contribution in [-0.4, -0.2) is 31.2 Å². The molecule has 0 radical (unpaired) electrons. The SMILES string of the molecule is COC(=O)C(C)NC(=O)C1CCC(C(F)(F)F)CC1. The molecule has 0 bridgehead atoms. The summed E-state index contributed by atoms with van der Waals surface area (Å²) in [5, 5.41) is 2.46. The lowest BCUT2D eigenvalue weighted by molar-refractivity contribution is -0.184. The number of nitrogens with one attached hydrogen (secondary N) is 1. The lowest BCUT2D eigenvalue weighted by Gasteiger charge is -2.29. The van der Waals surface area contributed by atoms with Crippen molar-refractivity contribution in [3.8, 4) is 0 Å². The van der Waals surface area contributed by atoms with Gasteiger partial charge in [-0.05, 0) is 32.6 Å². The van der Waals surface area contributed by atoms with Crippen molar-refractivity contribution in [2.24, 2.45) is 11.8 Å².